The summed E-state index contributed by atoms with van der Waals surface area (Å²) in [5.74, 6) is 0.379. The molecule has 3 heteroatoms. The van der Waals surface area contributed by atoms with Gasteiger partial charge in [-0.1, -0.05) is 12.1 Å². The van der Waals surface area contributed by atoms with E-state index >= 15 is 0 Å². The van der Waals surface area contributed by atoms with Crippen LogP contribution in [0.5, 0.6) is 5.75 Å². The van der Waals surface area contributed by atoms with E-state index in [0.717, 1.165) is 31.4 Å². The Labute approximate surface area is 102 Å². The standard InChI is InChI=1S/C14H20N2O/c1-3-16-10-11(6-5-9-15-2)12-7-4-8-13(17)14(12)16/h4,7-8,10,15,17H,3,5-6,9H2,1-2H3. The van der Waals surface area contributed by atoms with E-state index in [1.807, 2.05) is 13.1 Å². The summed E-state index contributed by atoms with van der Waals surface area (Å²) in [4.78, 5) is 0. The van der Waals surface area contributed by atoms with E-state index in [-0.39, 0.29) is 0 Å². The van der Waals surface area contributed by atoms with Crippen LogP contribution in [0.4, 0.5) is 0 Å². The van der Waals surface area contributed by atoms with Crippen LogP contribution >= 0.6 is 0 Å². The second kappa shape index (κ2) is 5.23. The maximum Gasteiger partial charge on any atom is 0.139 e. The van der Waals surface area contributed by atoms with Gasteiger partial charge in [-0.2, -0.15) is 0 Å². The van der Waals surface area contributed by atoms with Gasteiger partial charge < -0.3 is 15.0 Å². The van der Waals surface area contributed by atoms with E-state index in [1.165, 1.54) is 10.9 Å². The number of rotatable bonds is 5. The molecule has 0 bridgehead atoms. The van der Waals surface area contributed by atoms with Gasteiger partial charge in [0.1, 0.15) is 5.75 Å². The van der Waals surface area contributed by atoms with Crippen LogP contribution in [0.2, 0.25) is 0 Å². The third-order valence-electron chi connectivity index (χ3n) is 3.17. The summed E-state index contributed by atoms with van der Waals surface area (Å²) in [6.45, 7) is 4.01. The molecule has 0 fully saturated rings. The molecule has 92 valence electrons. The molecule has 0 amide bonds. The maximum absolute atomic E-state index is 9.93. The Bertz CT molecular complexity index is 502. The topological polar surface area (TPSA) is 37.2 Å². The van der Waals surface area contributed by atoms with E-state index in [1.54, 1.807) is 6.07 Å². The second-order valence-corrected chi connectivity index (χ2v) is 4.32. The Morgan fingerprint density at radius 1 is 1.35 bits per heavy atom. The monoisotopic (exact) mass is 232 g/mol. The molecule has 0 radical (unpaired) electrons. The summed E-state index contributed by atoms with van der Waals surface area (Å²) >= 11 is 0. The van der Waals surface area contributed by atoms with Crippen LogP contribution in [0.25, 0.3) is 10.9 Å². The number of para-hydroxylation sites is 1. The molecule has 1 aromatic heterocycles. The minimum absolute atomic E-state index is 0.379. The van der Waals surface area contributed by atoms with Crippen molar-refractivity contribution in [3.8, 4) is 5.75 Å². The second-order valence-electron chi connectivity index (χ2n) is 4.32. The quantitative estimate of drug-likeness (QED) is 0.777. The third-order valence-corrected chi connectivity index (χ3v) is 3.17. The van der Waals surface area contributed by atoms with Crippen LogP contribution in [0.3, 0.4) is 0 Å². The van der Waals surface area contributed by atoms with Gasteiger partial charge in [0.2, 0.25) is 0 Å². The normalized spacial score (nSPS) is 11.2. The molecule has 0 aliphatic carbocycles. The molecule has 0 saturated carbocycles. The molecule has 0 atom stereocenters. The Balaban J connectivity index is 2.39. The molecular weight excluding hydrogens is 212 g/mol. The van der Waals surface area contributed by atoms with Crippen molar-refractivity contribution in [3.63, 3.8) is 0 Å². The SMILES string of the molecule is CCn1cc(CCCNC)c2cccc(O)c21. The van der Waals surface area contributed by atoms with Crippen molar-refractivity contribution in [1.82, 2.24) is 9.88 Å². The van der Waals surface area contributed by atoms with Crippen LogP contribution in [0.15, 0.2) is 24.4 Å². The average molecular weight is 232 g/mol. The van der Waals surface area contributed by atoms with Gasteiger partial charge in [-0.25, -0.2) is 0 Å². The molecule has 1 aromatic carbocycles. The molecule has 0 spiro atoms. The van der Waals surface area contributed by atoms with Gasteiger partial charge in [-0.15, -0.1) is 0 Å². The highest BCUT2D eigenvalue weighted by molar-refractivity contribution is 5.88. The molecule has 0 aliphatic heterocycles. The number of nitrogens with zero attached hydrogens (tertiary/aromatic N) is 1. The molecular formula is C14H20N2O. The Kier molecular flexibility index (Phi) is 3.69. The number of fused-ring (bicyclic) bond motifs is 1. The van der Waals surface area contributed by atoms with Crippen molar-refractivity contribution < 1.29 is 5.11 Å². The van der Waals surface area contributed by atoms with Crippen molar-refractivity contribution in [1.29, 1.82) is 0 Å². The first kappa shape index (κ1) is 12.0. The Morgan fingerprint density at radius 3 is 2.88 bits per heavy atom. The molecule has 0 unspecified atom stereocenters. The molecule has 1 heterocycles. The number of aromatic hydroxyl groups is 1. The lowest BCUT2D eigenvalue weighted by atomic mass is 10.1. The number of aryl methyl sites for hydroxylation is 2. The van der Waals surface area contributed by atoms with Gasteiger partial charge in [-0.3, -0.25) is 0 Å². The molecule has 0 aliphatic rings. The lowest BCUT2D eigenvalue weighted by Crippen LogP contribution is -2.08. The Hall–Kier alpha value is -1.48. The third kappa shape index (κ3) is 2.29. The molecule has 2 N–H and O–H groups in total. The number of hydrogen-bond acceptors (Lipinski definition) is 2. The molecule has 0 saturated heterocycles. The van der Waals surface area contributed by atoms with Crippen molar-refractivity contribution in [3.05, 3.63) is 30.0 Å². The van der Waals surface area contributed by atoms with E-state index < -0.39 is 0 Å². The summed E-state index contributed by atoms with van der Waals surface area (Å²) in [6.07, 6.45) is 4.34. The van der Waals surface area contributed by atoms with Crippen LogP contribution in [0, 0.1) is 0 Å². The van der Waals surface area contributed by atoms with Gasteiger partial charge in [0, 0.05) is 18.1 Å². The van der Waals surface area contributed by atoms with E-state index in [9.17, 15) is 5.11 Å². The van der Waals surface area contributed by atoms with Crippen LogP contribution in [-0.4, -0.2) is 23.3 Å². The van der Waals surface area contributed by atoms with Crippen molar-refractivity contribution in [2.45, 2.75) is 26.3 Å². The zero-order chi connectivity index (χ0) is 12.3. The van der Waals surface area contributed by atoms with Crippen LogP contribution in [0.1, 0.15) is 18.9 Å². The minimum atomic E-state index is 0.379. The first-order valence-electron chi connectivity index (χ1n) is 6.22. The van der Waals surface area contributed by atoms with Gasteiger partial charge in [0.05, 0.1) is 5.52 Å². The van der Waals surface area contributed by atoms with E-state index in [2.05, 4.69) is 29.1 Å². The fraction of sp³-hybridized carbons (Fsp3) is 0.429. The van der Waals surface area contributed by atoms with Gasteiger partial charge in [-0.05, 0) is 45.0 Å². The summed E-state index contributed by atoms with van der Waals surface area (Å²) < 4.78 is 2.12. The zero-order valence-electron chi connectivity index (χ0n) is 10.5. The van der Waals surface area contributed by atoms with Crippen molar-refractivity contribution in [2.24, 2.45) is 0 Å². The highest BCUT2D eigenvalue weighted by atomic mass is 16.3. The largest absolute Gasteiger partial charge is 0.506 e. The number of phenols is 1. The summed E-state index contributed by atoms with van der Waals surface area (Å²) in [5.41, 5.74) is 2.29. The number of phenolic OH excluding ortho intramolecular Hbond substituents is 1. The van der Waals surface area contributed by atoms with Crippen LogP contribution < -0.4 is 5.32 Å². The first-order chi connectivity index (χ1) is 8.27. The van der Waals surface area contributed by atoms with Crippen molar-refractivity contribution in [2.75, 3.05) is 13.6 Å². The summed E-state index contributed by atoms with van der Waals surface area (Å²) in [6, 6.07) is 5.76. The highest BCUT2D eigenvalue weighted by Crippen LogP contribution is 2.29. The highest BCUT2D eigenvalue weighted by Gasteiger charge is 2.10. The fourth-order valence-corrected chi connectivity index (χ4v) is 2.32. The lowest BCUT2D eigenvalue weighted by molar-refractivity contribution is 0.478. The summed E-state index contributed by atoms with van der Waals surface area (Å²) in [5, 5.41) is 14.3. The average Bonchev–Trinajstić information content (AvgIpc) is 2.70. The maximum atomic E-state index is 9.93. The van der Waals surface area contributed by atoms with E-state index in [4.69, 9.17) is 0 Å². The molecule has 2 aromatic rings. The van der Waals surface area contributed by atoms with Gasteiger partial charge >= 0.3 is 0 Å². The van der Waals surface area contributed by atoms with Crippen molar-refractivity contribution >= 4 is 10.9 Å². The van der Waals surface area contributed by atoms with E-state index in [0.29, 0.717) is 5.75 Å². The number of hydrogen-bond donors (Lipinski definition) is 2. The Morgan fingerprint density at radius 2 is 2.18 bits per heavy atom. The number of benzene rings is 1. The summed E-state index contributed by atoms with van der Waals surface area (Å²) in [7, 11) is 1.97. The predicted molar refractivity (Wildman–Crippen MR) is 71.5 cm³/mol. The molecule has 2 rings (SSSR count). The predicted octanol–water partition coefficient (Wildman–Crippen LogP) is 2.52. The first-order valence-corrected chi connectivity index (χ1v) is 6.22. The minimum Gasteiger partial charge on any atom is -0.506 e. The van der Waals surface area contributed by atoms with Gasteiger partial charge in [0.15, 0.2) is 0 Å². The smallest absolute Gasteiger partial charge is 0.139 e. The molecule has 3 nitrogen and oxygen atoms in total. The zero-order valence-corrected chi connectivity index (χ0v) is 10.5. The lowest BCUT2D eigenvalue weighted by Gasteiger charge is -2.01. The molecule has 17 heavy (non-hydrogen) atoms. The van der Waals surface area contributed by atoms with Crippen LogP contribution in [-0.2, 0) is 13.0 Å². The number of nitrogens with one attached hydrogen (secondary N) is 1. The van der Waals surface area contributed by atoms with Gasteiger partial charge in [0.25, 0.3) is 0 Å². The number of aromatic nitrogens is 1. The fourth-order valence-electron chi connectivity index (χ4n) is 2.32.